The second-order valence-electron chi connectivity index (χ2n) is 5.86. The number of aliphatic imine (C=N–C) groups is 1. The standard InChI is InChI=1S/C21H15Br2NO4/c22-15-4-3-14(19(23)9-15)12-28-17-6-1-13(2-7-17)11-24-16-5-8-20(25)18(10-16)21(26)27/h1-11,25H,12H2,(H,26,27). The van der Waals surface area contributed by atoms with Crippen LogP contribution in [0.25, 0.3) is 0 Å². The molecule has 0 radical (unpaired) electrons. The van der Waals surface area contributed by atoms with Crippen molar-refractivity contribution in [2.45, 2.75) is 6.61 Å². The normalized spacial score (nSPS) is 10.9. The number of carboxylic acids is 1. The minimum atomic E-state index is -1.20. The van der Waals surface area contributed by atoms with E-state index in [1.807, 2.05) is 42.5 Å². The Morgan fingerprint density at radius 3 is 2.46 bits per heavy atom. The van der Waals surface area contributed by atoms with Crippen LogP contribution in [0.1, 0.15) is 21.5 Å². The summed E-state index contributed by atoms with van der Waals surface area (Å²) in [7, 11) is 0. The first-order chi connectivity index (χ1) is 13.4. The van der Waals surface area contributed by atoms with E-state index in [0.717, 1.165) is 25.8 Å². The van der Waals surface area contributed by atoms with E-state index in [9.17, 15) is 9.90 Å². The molecule has 0 fully saturated rings. The Morgan fingerprint density at radius 1 is 1.04 bits per heavy atom. The molecule has 7 heteroatoms. The van der Waals surface area contributed by atoms with Gasteiger partial charge in [0.05, 0.1) is 5.69 Å². The van der Waals surface area contributed by atoms with E-state index >= 15 is 0 Å². The van der Waals surface area contributed by atoms with Crippen molar-refractivity contribution < 1.29 is 19.7 Å². The zero-order chi connectivity index (χ0) is 20.1. The molecule has 0 heterocycles. The number of carbonyl (C=O) groups is 1. The van der Waals surface area contributed by atoms with E-state index in [4.69, 9.17) is 9.84 Å². The van der Waals surface area contributed by atoms with Crippen molar-refractivity contribution in [1.82, 2.24) is 0 Å². The molecule has 0 aliphatic carbocycles. The Morgan fingerprint density at radius 2 is 1.79 bits per heavy atom. The van der Waals surface area contributed by atoms with Gasteiger partial charge in [-0.2, -0.15) is 0 Å². The van der Waals surface area contributed by atoms with Gasteiger partial charge in [-0.05, 0) is 60.2 Å². The fourth-order valence-electron chi connectivity index (χ4n) is 2.37. The Balaban J connectivity index is 1.65. The van der Waals surface area contributed by atoms with Crippen LogP contribution in [0.3, 0.4) is 0 Å². The van der Waals surface area contributed by atoms with E-state index in [1.165, 1.54) is 12.1 Å². The molecule has 0 unspecified atom stereocenters. The maximum absolute atomic E-state index is 11.1. The molecule has 0 aromatic heterocycles. The summed E-state index contributed by atoms with van der Waals surface area (Å²) in [6.45, 7) is 0.437. The van der Waals surface area contributed by atoms with Crippen molar-refractivity contribution >= 4 is 49.7 Å². The highest BCUT2D eigenvalue weighted by Crippen LogP contribution is 2.25. The largest absolute Gasteiger partial charge is 0.507 e. The van der Waals surface area contributed by atoms with Gasteiger partial charge in [-0.1, -0.05) is 37.9 Å². The number of aromatic hydroxyl groups is 1. The summed E-state index contributed by atoms with van der Waals surface area (Å²) in [6.07, 6.45) is 1.62. The highest BCUT2D eigenvalue weighted by atomic mass is 79.9. The number of nitrogens with zero attached hydrogens (tertiary/aromatic N) is 1. The van der Waals surface area contributed by atoms with Gasteiger partial charge < -0.3 is 14.9 Å². The molecule has 0 atom stereocenters. The van der Waals surface area contributed by atoms with Crippen LogP contribution < -0.4 is 4.74 Å². The van der Waals surface area contributed by atoms with Crippen molar-refractivity contribution in [3.05, 3.63) is 86.3 Å². The number of halogens is 2. The summed E-state index contributed by atoms with van der Waals surface area (Å²) in [5.74, 6) is -0.761. The predicted octanol–water partition coefficient (Wildman–Crippen LogP) is 5.95. The lowest BCUT2D eigenvalue weighted by Gasteiger charge is -2.08. The molecule has 28 heavy (non-hydrogen) atoms. The molecule has 0 aliphatic heterocycles. The topological polar surface area (TPSA) is 79.1 Å². The van der Waals surface area contributed by atoms with Crippen LogP contribution in [0.4, 0.5) is 5.69 Å². The van der Waals surface area contributed by atoms with E-state index in [-0.39, 0.29) is 11.3 Å². The molecule has 0 amide bonds. The Labute approximate surface area is 178 Å². The average Bonchev–Trinajstić information content (AvgIpc) is 2.67. The molecule has 0 bridgehead atoms. The number of rotatable bonds is 6. The maximum atomic E-state index is 11.1. The van der Waals surface area contributed by atoms with Gasteiger partial charge in [0.15, 0.2) is 0 Å². The first kappa shape index (κ1) is 20.1. The molecule has 0 spiro atoms. The number of phenols is 1. The summed E-state index contributed by atoms with van der Waals surface area (Å²) in [5, 5.41) is 18.6. The SMILES string of the molecule is O=C(O)c1cc(N=Cc2ccc(OCc3ccc(Br)cc3Br)cc2)ccc1O. The highest BCUT2D eigenvalue weighted by molar-refractivity contribution is 9.11. The first-order valence-corrected chi connectivity index (χ1v) is 9.78. The number of aromatic carboxylic acids is 1. The maximum Gasteiger partial charge on any atom is 0.339 e. The first-order valence-electron chi connectivity index (χ1n) is 8.19. The lowest BCUT2D eigenvalue weighted by Crippen LogP contribution is -1.96. The molecule has 2 N–H and O–H groups in total. The Kier molecular flexibility index (Phi) is 6.49. The summed E-state index contributed by atoms with van der Waals surface area (Å²) in [5.41, 5.74) is 2.13. The fourth-order valence-corrected chi connectivity index (χ4v) is 3.54. The highest BCUT2D eigenvalue weighted by Gasteiger charge is 2.09. The smallest absolute Gasteiger partial charge is 0.339 e. The zero-order valence-electron chi connectivity index (χ0n) is 14.5. The van der Waals surface area contributed by atoms with E-state index in [2.05, 4.69) is 36.9 Å². The summed E-state index contributed by atoms with van der Waals surface area (Å²) in [6, 6.07) is 17.5. The summed E-state index contributed by atoms with van der Waals surface area (Å²) < 4.78 is 7.77. The van der Waals surface area contributed by atoms with Crippen LogP contribution >= 0.6 is 31.9 Å². The molecule has 0 saturated heterocycles. The summed E-state index contributed by atoms with van der Waals surface area (Å²) in [4.78, 5) is 15.3. The van der Waals surface area contributed by atoms with Gasteiger partial charge in [0, 0.05) is 20.7 Å². The Bertz CT molecular complexity index is 1030. The fraction of sp³-hybridized carbons (Fsp3) is 0.0476. The molecule has 0 saturated carbocycles. The average molecular weight is 505 g/mol. The van der Waals surface area contributed by atoms with Gasteiger partial charge in [0.1, 0.15) is 23.7 Å². The Hall–Kier alpha value is -2.64. The molecular formula is C21H15Br2NO4. The lowest BCUT2D eigenvalue weighted by atomic mass is 10.2. The minimum absolute atomic E-state index is 0.183. The van der Waals surface area contributed by atoms with Gasteiger partial charge in [-0.15, -0.1) is 0 Å². The van der Waals surface area contributed by atoms with Crippen molar-refractivity contribution in [3.8, 4) is 11.5 Å². The second-order valence-corrected chi connectivity index (χ2v) is 7.63. The predicted molar refractivity (Wildman–Crippen MR) is 115 cm³/mol. The number of ether oxygens (including phenoxy) is 1. The van der Waals surface area contributed by atoms with Crippen molar-refractivity contribution in [2.24, 2.45) is 4.99 Å². The van der Waals surface area contributed by atoms with Gasteiger partial charge in [-0.25, -0.2) is 4.79 Å². The quantitative estimate of drug-likeness (QED) is 0.407. The molecule has 142 valence electrons. The third kappa shape index (κ3) is 5.21. The van der Waals surface area contributed by atoms with Crippen LogP contribution in [0, 0.1) is 0 Å². The van der Waals surface area contributed by atoms with Crippen LogP contribution in [0.15, 0.2) is 74.6 Å². The van der Waals surface area contributed by atoms with E-state index < -0.39 is 5.97 Å². The van der Waals surface area contributed by atoms with Crippen LogP contribution in [-0.4, -0.2) is 22.4 Å². The van der Waals surface area contributed by atoms with Crippen LogP contribution in [0.2, 0.25) is 0 Å². The molecule has 0 aliphatic rings. The number of carboxylic acid groups (broad SMARTS) is 1. The van der Waals surface area contributed by atoms with Gasteiger partial charge in [-0.3, -0.25) is 4.99 Å². The van der Waals surface area contributed by atoms with Crippen molar-refractivity contribution in [3.63, 3.8) is 0 Å². The second kappa shape index (κ2) is 9.03. The van der Waals surface area contributed by atoms with Gasteiger partial charge >= 0.3 is 5.97 Å². The van der Waals surface area contributed by atoms with Crippen molar-refractivity contribution in [2.75, 3.05) is 0 Å². The molecule has 5 nitrogen and oxygen atoms in total. The number of hydrogen-bond acceptors (Lipinski definition) is 4. The monoisotopic (exact) mass is 503 g/mol. The van der Waals surface area contributed by atoms with E-state index in [0.29, 0.717) is 12.3 Å². The van der Waals surface area contributed by atoms with Crippen LogP contribution in [-0.2, 0) is 6.61 Å². The van der Waals surface area contributed by atoms with Crippen LogP contribution in [0.5, 0.6) is 11.5 Å². The molecular weight excluding hydrogens is 490 g/mol. The number of benzene rings is 3. The minimum Gasteiger partial charge on any atom is -0.507 e. The van der Waals surface area contributed by atoms with Gasteiger partial charge in [0.2, 0.25) is 0 Å². The zero-order valence-corrected chi connectivity index (χ0v) is 17.6. The third-order valence-electron chi connectivity index (χ3n) is 3.86. The molecule has 3 aromatic carbocycles. The molecule has 3 aromatic rings. The van der Waals surface area contributed by atoms with Gasteiger partial charge in [0.25, 0.3) is 0 Å². The summed E-state index contributed by atoms with van der Waals surface area (Å²) >= 11 is 6.94. The van der Waals surface area contributed by atoms with E-state index in [1.54, 1.807) is 12.3 Å². The third-order valence-corrected chi connectivity index (χ3v) is 5.09. The lowest BCUT2D eigenvalue weighted by molar-refractivity contribution is 0.0694. The molecule has 3 rings (SSSR count). The van der Waals surface area contributed by atoms with Crippen molar-refractivity contribution in [1.29, 1.82) is 0 Å². The number of hydrogen-bond donors (Lipinski definition) is 2.